The van der Waals surface area contributed by atoms with Crippen LogP contribution in [-0.2, 0) is 25.6 Å². The Hall–Kier alpha value is -0.940. The molecule has 1 aliphatic heterocycles. The second-order valence-corrected chi connectivity index (χ2v) is 7.30. The third kappa shape index (κ3) is 6.99. The molecule has 0 saturated carbocycles. The summed E-state index contributed by atoms with van der Waals surface area (Å²) < 4.78 is 23.9. The molecule has 1 aromatic carbocycles. The van der Waals surface area contributed by atoms with E-state index in [0.29, 0.717) is 25.7 Å². The minimum atomic E-state index is -0.107. The molecule has 2 rings (SSSR count). The van der Waals surface area contributed by atoms with Gasteiger partial charge in [0.05, 0.1) is 25.9 Å². The number of rotatable bonds is 12. The molecule has 0 amide bonds. The van der Waals surface area contributed by atoms with E-state index in [-0.39, 0.29) is 18.3 Å². The first-order valence-electron chi connectivity index (χ1n) is 10.1. The van der Waals surface area contributed by atoms with Crippen LogP contribution in [0.4, 0.5) is 0 Å². The number of benzene rings is 1. The third-order valence-corrected chi connectivity index (χ3v) is 5.06. The summed E-state index contributed by atoms with van der Waals surface area (Å²) in [4.78, 5) is 0. The number of unbranched alkanes of at least 4 members (excludes halogenated alkanes) is 4. The zero-order valence-corrected chi connectivity index (χ0v) is 16.7. The Morgan fingerprint density at radius 1 is 1.04 bits per heavy atom. The number of methoxy groups -OCH3 is 1. The molecule has 0 radical (unpaired) electrons. The fraction of sp³-hybridized carbons (Fsp3) is 0.727. The smallest absolute Gasteiger partial charge is 0.113 e. The fourth-order valence-corrected chi connectivity index (χ4v) is 3.49. The average Bonchev–Trinajstić information content (AvgIpc) is 2.67. The Labute approximate surface area is 159 Å². The molecule has 148 valence electrons. The Balaban J connectivity index is 1.81. The maximum Gasteiger partial charge on any atom is 0.113 e. The zero-order valence-electron chi connectivity index (χ0n) is 16.7. The molecule has 0 bridgehead atoms. The van der Waals surface area contributed by atoms with E-state index in [1.165, 1.54) is 25.7 Å². The van der Waals surface area contributed by atoms with E-state index in [2.05, 4.69) is 26.0 Å². The van der Waals surface area contributed by atoms with Gasteiger partial charge in [-0.2, -0.15) is 0 Å². The molecule has 0 N–H and O–H groups in total. The van der Waals surface area contributed by atoms with Gasteiger partial charge in [0.2, 0.25) is 0 Å². The standard InChI is InChI=1S/C22H36O4/c1-4-5-6-7-11-14-24-17-20-22(21(23-3)18(2)15-25-20)26-16-19-12-9-8-10-13-19/h8-10,12-13,18,20-22H,4-7,11,14-17H2,1-3H3/t18-,20-,21-,22-/m0/s1. The van der Waals surface area contributed by atoms with Gasteiger partial charge in [0.15, 0.2) is 0 Å². The summed E-state index contributed by atoms with van der Waals surface area (Å²) in [6.45, 7) is 7.00. The Morgan fingerprint density at radius 3 is 2.54 bits per heavy atom. The van der Waals surface area contributed by atoms with Crippen molar-refractivity contribution in [3.63, 3.8) is 0 Å². The largest absolute Gasteiger partial charge is 0.379 e. The van der Waals surface area contributed by atoms with Crippen molar-refractivity contribution in [2.24, 2.45) is 5.92 Å². The molecular weight excluding hydrogens is 328 g/mol. The molecular formula is C22H36O4. The van der Waals surface area contributed by atoms with Gasteiger partial charge in [0.1, 0.15) is 12.2 Å². The number of ether oxygens (including phenoxy) is 4. The van der Waals surface area contributed by atoms with Crippen LogP contribution in [0.5, 0.6) is 0 Å². The van der Waals surface area contributed by atoms with Crippen molar-refractivity contribution in [1.29, 1.82) is 0 Å². The van der Waals surface area contributed by atoms with Crippen molar-refractivity contribution in [2.45, 2.75) is 70.9 Å². The lowest BCUT2D eigenvalue weighted by molar-refractivity contribution is -0.206. The molecule has 1 aromatic rings. The minimum Gasteiger partial charge on any atom is -0.379 e. The lowest BCUT2D eigenvalue weighted by Crippen LogP contribution is -2.53. The summed E-state index contributed by atoms with van der Waals surface area (Å²) in [7, 11) is 1.76. The van der Waals surface area contributed by atoms with E-state index in [0.717, 1.165) is 18.6 Å². The Bertz CT molecular complexity index is 464. The topological polar surface area (TPSA) is 36.9 Å². The summed E-state index contributed by atoms with van der Waals surface area (Å²) in [5.74, 6) is 0.311. The molecule has 1 heterocycles. The lowest BCUT2D eigenvalue weighted by atomic mass is 9.93. The van der Waals surface area contributed by atoms with Gasteiger partial charge in [0, 0.05) is 19.6 Å². The summed E-state index contributed by atoms with van der Waals surface area (Å²) in [5, 5.41) is 0. The maximum atomic E-state index is 6.24. The van der Waals surface area contributed by atoms with E-state index in [1.54, 1.807) is 7.11 Å². The predicted octanol–water partition coefficient (Wildman–Crippen LogP) is 4.61. The minimum absolute atomic E-state index is 0.0330. The summed E-state index contributed by atoms with van der Waals surface area (Å²) in [6, 6.07) is 10.2. The van der Waals surface area contributed by atoms with Crippen molar-refractivity contribution in [3.8, 4) is 0 Å². The van der Waals surface area contributed by atoms with Gasteiger partial charge in [-0.15, -0.1) is 0 Å². The molecule has 0 unspecified atom stereocenters. The number of hydrogen-bond donors (Lipinski definition) is 0. The van der Waals surface area contributed by atoms with Crippen LogP contribution < -0.4 is 0 Å². The first-order chi connectivity index (χ1) is 12.8. The van der Waals surface area contributed by atoms with E-state index < -0.39 is 0 Å². The fourth-order valence-electron chi connectivity index (χ4n) is 3.49. The molecule has 1 saturated heterocycles. The normalized spacial score (nSPS) is 26.1. The first kappa shape index (κ1) is 21.4. The molecule has 1 aliphatic rings. The van der Waals surface area contributed by atoms with Gasteiger partial charge in [-0.3, -0.25) is 0 Å². The lowest BCUT2D eigenvalue weighted by Gasteiger charge is -2.40. The van der Waals surface area contributed by atoms with Gasteiger partial charge in [-0.25, -0.2) is 0 Å². The van der Waals surface area contributed by atoms with Gasteiger partial charge < -0.3 is 18.9 Å². The quantitative estimate of drug-likeness (QED) is 0.508. The molecule has 1 fully saturated rings. The highest BCUT2D eigenvalue weighted by Gasteiger charge is 2.39. The SMILES string of the molecule is CCCCCCCOC[C@@H]1OC[C@H](C)[C@H](OC)[C@H]1OCc1ccccc1. The van der Waals surface area contributed by atoms with Crippen LogP contribution in [0.2, 0.25) is 0 Å². The van der Waals surface area contributed by atoms with E-state index in [4.69, 9.17) is 18.9 Å². The van der Waals surface area contributed by atoms with Crippen molar-refractivity contribution in [3.05, 3.63) is 35.9 Å². The van der Waals surface area contributed by atoms with E-state index in [1.807, 2.05) is 18.2 Å². The molecule has 26 heavy (non-hydrogen) atoms. The van der Waals surface area contributed by atoms with Crippen LogP contribution in [0.15, 0.2) is 30.3 Å². The van der Waals surface area contributed by atoms with Crippen molar-refractivity contribution in [1.82, 2.24) is 0 Å². The Morgan fingerprint density at radius 2 is 1.81 bits per heavy atom. The molecule has 4 nitrogen and oxygen atoms in total. The second-order valence-electron chi connectivity index (χ2n) is 7.30. The summed E-state index contributed by atoms with van der Waals surface area (Å²) >= 11 is 0. The van der Waals surface area contributed by atoms with Crippen molar-refractivity contribution in [2.75, 3.05) is 26.9 Å². The zero-order chi connectivity index (χ0) is 18.6. The Kier molecular flexibility index (Phi) is 10.2. The van der Waals surface area contributed by atoms with Crippen LogP contribution in [0, 0.1) is 5.92 Å². The van der Waals surface area contributed by atoms with Gasteiger partial charge in [0.25, 0.3) is 0 Å². The number of hydrogen-bond acceptors (Lipinski definition) is 4. The molecule has 0 aromatic heterocycles. The highest BCUT2D eigenvalue weighted by atomic mass is 16.6. The average molecular weight is 365 g/mol. The van der Waals surface area contributed by atoms with E-state index >= 15 is 0 Å². The third-order valence-electron chi connectivity index (χ3n) is 5.06. The summed E-state index contributed by atoms with van der Waals surface area (Å²) in [5.41, 5.74) is 1.16. The molecule has 0 spiro atoms. The van der Waals surface area contributed by atoms with Gasteiger partial charge in [-0.05, 0) is 12.0 Å². The van der Waals surface area contributed by atoms with E-state index in [9.17, 15) is 0 Å². The first-order valence-corrected chi connectivity index (χ1v) is 10.1. The summed E-state index contributed by atoms with van der Waals surface area (Å²) in [6.07, 6.45) is 6.09. The molecule has 0 aliphatic carbocycles. The molecule has 4 heteroatoms. The molecule has 4 atom stereocenters. The monoisotopic (exact) mass is 364 g/mol. The van der Waals surface area contributed by atoms with Crippen molar-refractivity contribution < 1.29 is 18.9 Å². The van der Waals surface area contributed by atoms with Crippen LogP contribution in [-0.4, -0.2) is 45.2 Å². The van der Waals surface area contributed by atoms with Crippen molar-refractivity contribution >= 4 is 0 Å². The van der Waals surface area contributed by atoms with Crippen LogP contribution in [0.1, 0.15) is 51.5 Å². The van der Waals surface area contributed by atoms with Crippen LogP contribution in [0.3, 0.4) is 0 Å². The predicted molar refractivity (Wildman–Crippen MR) is 104 cm³/mol. The van der Waals surface area contributed by atoms with Crippen LogP contribution >= 0.6 is 0 Å². The highest BCUT2D eigenvalue weighted by Crippen LogP contribution is 2.26. The maximum absolute atomic E-state index is 6.24. The van der Waals surface area contributed by atoms with Gasteiger partial charge in [-0.1, -0.05) is 69.9 Å². The second kappa shape index (κ2) is 12.4. The highest BCUT2D eigenvalue weighted by molar-refractivity contribution is 5.13. The van der Waals surface area contributed by atoms with Crippen LogP contribution in [0.25, 0.3) is 0 Å². The van der Waals surface area contributed by atoms with Gasteiger partial charge >= 0.3 is 0 Å².